The number of thioether (sulfide) groups is 1. The Morgan fingerprint density at radius 2 is 1.89 bits per heavy atom. The Morgan fingerprint density at radius 3 is 2.41 bits per heavy atom. The van der Waals surface area contributed by atoms with Crippen LogP contribution >= 0.6 is 11.8 Å². The van der Waals surface area contributed by atoms with Crippen molar-refractivity contribution >= 4 is 23.4 Å². The molecule has 0 aliphatic heterocycles. The quantitative estimate of drug-likeness (QED) is 0.527. The summed E-state index contributed by atoms with van der Waals surface area (Å²) >= 11 is 1.79. The molecule has 0 amide bonds. The van der Waals surface area contributed by atoms with Crippen molar-refractivity contribution in [1.82, 2.24) is 9.78 Å². The summed E-state index contributed by atoms with van der Waals surface area (Å²) in [5.74, 6) is 2.24. The molecule has 0 aromatic carbocycles. The van der Waals surface area contributed by atoms with E-state index in [1.165, 1.54) is 0 Å². The van der Waals surface area contributed by atoms with Crippen molar-refractivity contribution in [3.63, 3.8) is 0 Å². The summed E-state index contributed by atoms with van der Waals surface area (Å²) in [6.45, 7) is 10.4. The fraction of sp³-hybridized carbons (Fsp3) is 0.750. The highest BCUT2D eigenvalue weighted by molar-refractivity contribution is 8.01. The summed E-state index contributed by atoms with van der Waals surface area (Å²) in [6.07, 6.45) is 3.82. The minimum Gasteiger partial charge on any atom is -0.393 e. The lowest BCUT2D eigenvalue weighted by atomic mass is 9.89. The number of hydrogen-bond acceptors (Lipinski definition) is 4. The van der Waals surface area contributed by atoms with Gasteiger partial charge in [-0.2, -0.15) is 5.10 Å². The third kappa shape index (κ3) is 5.82. The maximum atomic E-state index is 9.65. The van der Waals surface area contributed by atoms with E-state index < -0.39 is 0 Å². The van der Waals surface area contributed by atoms with Crippen molar-refractivity contribution in [3.05, 3.63) is 17.5 Å². The van der Waals surface area contributed by atoms with Gasteiger partial charge >= 0.3 is 0 Å². The SMILES string of the molecule is Cn1nc(C(C)(C)C)cc1C(=N)N=C(N)C(C)(C)SCC1CCC(O)CC1. The van der Waals surface area contributed by atoms with Crippen LogP contribution in [0.4, 0.5) is 0 Å². The highest BCUT2D eigenvalue weighted by Crippen LogP contribution is 2.33. The fourth-order valence-electron chi connectivity index (χ4n) is 3.08. The lowest BCUT2D eigenvalue weighted by Crippen LogP contribution is -2.37. The average molecular weight is 394 g/mol. The Kier molecular flexibility index (Phi) is 6.79. The second-order valence-corrected chi connectivity index (χ2v) is 10.8. The van der Waals surface area contributed by atoms with Gasteiger partial charge in [-0.25, -0.2) is 4.99 Å². The predicted molar refractivity (Wildman–Crippen MR) is 115 cm³/mol. The first-order valence-corrected chi connectivity index (χ1v) is 10.7. The number of aliphatic imine (C=N–C) groups is 1. The molecular formula is C20H35N5OS. The largest absolute Gasteiger partial charge is 0.393 e. The Morgan fingerprint density at radius 1 is 1.30 bits per heavy atom. The van der Waals surface area contributed by atoms with Crippen LogP contribution < -0.4 is 5.73 Å². The van der Waals surface area contributed by atoms with Crippen molar-refractivity contribution in [2.24, 2.45) is 23.7 Å². The minimum atomic E-state index is -0.339. The number of nitrogens with two attached hydrogens (primary N) is 1. The van der Waals surface area contributed by atoms with Crippen LogP contribution in [0, 0.1) is 11.3 Å². The molecule has 0 atom stereocenters. The highest BCUT2D eigenvalue weighted by atomic mass is 32.2. The topological polar surface area (TPSA) is 100 Å². The maximum Gasteiger partial charge on any atom is 0.172 e. The molecule has 27 heavy (non-hydrogen) atoms. The third-order valence-electron chi connectivity index (χ3n) is 5.24. The van der Waals surface area contributed by atoms with Crippen LogP contribution in [0.2, 0.25) is 0 Å². The van der Waals surface area contributed by atoms with Gasteiger partial charge in [0.1, 0.15) is 11.5 Å². The van der Waals surface area contributed by atoms with Gasteiger partial charge in [-0.05, 0) is 57.3 Å². The number of hydrogen-bond donors (Lipinski definition) is 3. The molecule has 1 saturated carbocycles. The second-order valence-electron chi connectivity index (χ2n) is 9.13. The summed E-state index contributed by atoms with van der Waals surface area (Å²) < 4.78 is 1.36. The number of aliphatic hydroxyl groups is 1. The molecule has 152 valence electrons. The van der Waals surface area contributed by atoms with E-state index in [4.69, 9.17) is 11.1 Å². The molecule has 0 bridgehead atoms. The molecule has 1 aliphatic rings. The van der Waals surface area contributed by atoms with Crippen LogP contribution in [-0.2, 0) is 12.5 Å². The van der Waals surface area contributed by atoms with Gasteiger partial charge in [0.2, 0.25) is 0 Å². The van der Waals surface area contributed by atoms with E-state index in [1.807, 2.05) is 13.1 Å². The summed E-state index contributed by atoms with van der Waals surface area (Å²) in [6, 6.07) is 1.92. The van der Waals surface area contributed by atoms with Gasteiger partial charge in [0.15, 0.2) is 5.84 Å². The van der Waals surface area contributed by atoms with Crippen LogP contribution in [0.25, 0.3) is 0 Å². The summed E-state index contributed by atoms with van der Waals surface area (Å²) in [7, 11) is 1.84. The molecule has 4 N–H and O–H groups in total. The molecule has 6 nitrogen and oxygen atoms in total. The van der Waals surface area contributed by atoms with Gasteiger partial charge in [-0.15, -0.1) is 11.8 Å². The smallest absolute Gasteiger partial charge is 0.172 e. The Balaban J connectivity index is 2.04. The van der Waals surface area contributed by atoms with E-state index in [0.717, 1.165) is 37.1 Å². The van der Waals surface area contributed by atoms with Crippen molar-refractivity contribution in [2.45, 2.75) is 76.6 Å². The third-order valence-corrected chi connectivity index (χ3v) is 6.81. The fourth-order valence-corrected chi connectivity index (χ4v) is 4.26. The molecule has 1 heterocycles. The van der Waals surface area contributed by atoms with Gasteiger partial charge < -0.3 is 10.8 Å². The summed E-state index contributed by atoms with van der Waals surface area (Å²) in [5.41, 5.74) is 7.82. The van der Waals surface area contributed by atoms with E-state index >= 15 is 0 Å². The molecule has 0 unspecified atom stereocenters. The summed E-state index contributed by atoms with van der Waals surface area (Å²) in [5, 5.41) is 22.5. The van der Waals surface area contributed by atoms with Crippen LogP contribution in [0.1, 0.15) is 71.7 Å². The Labute approximate surface area is 167 Å². The van der Waals surface area contributed by atoms with E-state index in [-0.39, 0.29) is 22.1 Å². The van der Waals surface area contributed by atoms with Crippen LogP contribution in [-0.4, -0.2) is 43.2 Å². The number of aryl methyl sites for hydroxylation is 1. The Bertz CT molecular complexity index is 694. The van der Waals surface area contributed by atoms with Gasteiger partial charge in [-0.1, -0.05) is 20.8 Å². The monoisotopic (exact) mass is 393 g/mol. The van der Waals surface area contributed by atoms with Gasteiger partial charge in [0, 0.05) is 12.5 Å². The van der Waals surface area contributed by atoms with E-state index in [0.29, 0.717) is 17.4 Å². The average Bonchev–Trinajstić information content (AvgIpc) is 2.96. The number of aromatic nitrogens is 2. The lowest BCUT2D eigenvalue weighted by molar-refractivity contribution is 0.113. The first kappa shape index (κ1) is 22.0. The zero-order valence-corrected chi connectivity index (χ0v) is 18.4. The van der Waals surface area contributed by atoms with Crippen LogP contribution in [0.15, 0.2) is 11.1 Å². The highest BCUT2D eigenvalue weighted by Gasteiger charge is 2.28. The zero-order valence-electron chi connectivity index (χ0n) is 17.5. The van der Waals surface area contributed by atoms with E-state index in [2.05, 4.69) is 44.7 Å². The maximum absolute atomic E-state index is 9.65. The molecule has 0 saturated heterocycles. The molecule has 0 spiro atoms. The molecule has 1 aromatic rings. The molecule has 7 heteroatoms. The number of nitrogens with zero attached hydrogens (tertiary/aromatic N) is 3. The van der Waals surface area contributed by atoms with Crippen molar-refractivity contribution in [2.75, 3.05) is 5.75 Å². The first-order valence-electron chi connectivity index (χ1n) is 9.70. The van der Waals surface area contributed by atoms with Crippen LogP contribution in [0.3, 0.4) is 0 Å². The van der Waals surface area contributed by atoms with Crippen LogP contribution in [0.5, 0.6) is 0 Å². The molecule has 1 aromatic heterocycles. The number of amidine groups is 2. The second kappa shape index (κ2) is 8.35. The van der Waals surface area contributed by atoms with Gasteiger partial charge in [0.25, 0.3) is 0 Å². The van der Waals surface area contributed by atoms with Crippen molar-refractivity contribution in [1.29, 1.82) is 5.41 Å². The number of nitrogens with one attached hydrogen (secondary N) is 1. The lowest BCUT2D eigenvalue weighted by Gasteiger charge is -2.29. The van der Waals surface area contributed by atoms with E-state index in [9.17, 15) is 5.11 Å². The normalized spacial score (nSPS) is 22.1. The molecule has 1 fully saturated rings. The zero-order chi connectivity index (χ0) is 20.4. The van der Waals surface area contributed by atoms with E-state index in [1.54, 1.807) is 16.4 Å². The minimum absolute atomic E-state index is 0.0752. The van der Waals surface area contributed by atoms with Crippen molar-refractivity contribution in [3.8, 4) is 0 Å². The van der Waals surface area contributed by atoms with Crippen molar-refractivity contribution < 1.29 is 5.11 Å². The number of aliphatic hydroxyl groups excluding tert-OH is 1. The molecule has 1 aliphatic carbocycles. The Hall–Kier alpha value is -1.34. The summed E-state index contributed by atoms with van der Waals surface area (Å²) in [4.78, 5) is 4.41. The van der Waals surface area contributed by atoms with Gasteiger partial charge in [-0.3, -0.25) is 10.1 Å². The number of rotatable bonds is 5. The molecule has 2 rings (SSSR count). The first-order chi connectivity index (χ1) is 12.4. The standard InChI is InChI=1S/C20H35N5OS/c1-19(2,3)16-11-15(25(6)24-16)17(21)23-18(22)20(4,5)27-12-13-7-9-14(26)10-8-13/h11,13-14,26H,7-10,12H2,1-6H3,(H3,21,22,23). The molecule has 0 radical (unpaired) electrons. The predicted octanol–water partition coefficient (Wildman–Crippen LogP) is 3.46. The molecular weight excluding hydrogens is 358 g/mol. The van der Waals surface area contributed by atoms with Gasteiger partial charge in [0.05, 0.1) is 16.5 Å².